The summed E-state index contributed by atoms with van der Waals surface area (Å²) in [6.07, 6.45) is 0. The molecule has 4 heteroatoms. The van der Waals surface area contributed by atoms with Crippen LogP contribution >= 0.6 is 11.6 Å². The van der Waals surface area contributed by atoms with Gasteiger partial charge in [-0.05, 0) is 43.7 Å². The van der Waals surface area contributed by atoms with Crippen LogP contribution in [0.2, 0.25) is 5.02 Å². The van der Waals surface area contributed by atoms with Gasteiger partial charge in [-0.15, -0.1) is 0 Å². The Labute approximate surface area is 124 Å². The molecule has 0 heterocycles. The van der Waals surface area contributed by atoms with Crippen LogP contribution in [0.1, 0.15) is 24.1 Å². The Hall–Kier alpha value is -1.71. The van der Waals surface area contributed by atoms with E-state index in [0.29, 0.717) is 16.5 Å². The summed E-state index contributed by atoms with van der Waals surface area (Å²) >= 11 is 6.01. The summed E-state index contributed by atoms with van der Waals surface area (Å²) in [6.45, 7) is 3.87. The number of rotatable bonds is 4. The Morgan fingerprint density at radius 2 is 1.80 bits per heavy atom. The van der Waals surface area contributed by atoms with Gasteiger partial charge in [0.05, 0.1) is 12.7 Å². The first-order chi connectivity index (χ1) is 9.52. The lowest BCUT2D eigenvalue weighted by Crippen LogP contribution is -2.08. The predicted octanol–water partition coefficient (Wildman–Crippen LogP) is 4.47. The number of nitrogens with two attached hydrogens (primary N) is 1. The van der Waals surface area contributed by atoms with Gasteiger partial charge >= 0.3 is 0 Å². The Kier molecular flexibility index (Phi) is 4.53. The van der Waals surface area contributed by atoms with Gasteiger partial charge in [0.25, 0.3) is 0 Å². The lowest BCUT2D eigenvalue weighted by atomic mass is 10.1. The number of hydrogen-bond donors (Lipinski definition) is 1. The molecule has 0 saturated carbocycles. The highest BCUT2D eigenvalue weighted by molar-refractivity contribution is 6.30. The molecule has 0 saturated heterocycles. The van der Waals surface area contributed by atoms with E-state index >= 15 is 0 Å². The second-order valence-corrected chi connectivity index (χ2v) is 5.11. The van der Waals surface area contributed by atoms with Crippen molar-refractivity contribution in [3.63, 3.8) is 0 Å². The van der Waals surface area contributed by atoms with E-state index in [2.05, 4.69) is 0 Å². The van der Waals surface area contributed by atoms with E-state index in [1.807, 2.05) is 44.2 Å². The molecule has 2 aromatic carbocycles. The lowest BCUT2D eigenvalue weighted by molar-refractivity contribution is 0.397. The zero-order chi connectivity index (χ0) is 14.7. The van der Waals surface area contributed by atoms with Crippen molar-refractivity contribution in [1.29, 1.82) is 0 Å². The van der Waals surface area contributed by atoms with E-state index in [-0.39, 0.29) is 6.04 Å². The number of ether oxygens (including phenoxy) is 2. The predicted molar refractivity (Wildman–Crippen MR) is 81.9 cm³/mol. The molecule has 20 heavy (non-hydrogen) atoms. The van der Waals surface area contributed by atoms with Gasteiger partial charge in [-0.2, -0.15) is 0 Å². The molecule has 0 aliphatic rings. The largest absolute Gasteiger partial charge is 0.496 e. The van der Waals surface area contributed by atoms with Crippen LogP contribution in [0.25, 0.3) is 0 Å². The maximum Gasteiger partial charge on any atom is 0.135 e. The third-order valence-corrected chi connectivity index (χ3v) is 3.31. The molecule has 0 aliphatic carbocycles. The summed E-state index contributed by atoms with van der Waals surface area (Å²) in [5.74, 6) is 2.12. The second kappa shape index (κ2) is 6.16. The highest BCUT2D eigenvalue weighted by atomic mass is 35.5. The van der Waals surface area contributed by atoms with Crippen LogP contribution in [0.5, 0.6) is 17.2 Å². The minimum Gasteiger partial charge on any atom is -0.496 e. The van der Waals surface area contributed by atoms with Crippen molar-refractivity contribution in [1.82, 2.24) is 0 Å². The SMILES string of the molecule is COc1cccc(Oc2cc(Cl)ccc2C)c1[C@H](C)N. The first-order valence-corrected chi connectivity index (χ1v) is 6.77. The molecule has 0 aliphatic heterocycles. The number of methoxy groups -OCH3 is 1. The molecule has 0 aromatic heterocycles. The van der Waals surface area contributed by atoms with Crippen LogP contribution < -0.4 is 15.2 Å². The van der Waals surface area contributed by atoms with E-state index in [1.165, 1.54) is 0 Å². The fraction of sp³-hybridized carbons (Fsp3) is 0.250. The van der Waals surface area contributed by atoms with Crippen LogP contribution in [0.4, 0.5) is 0 Å². The van der Waals surface area contributed by atoms with E-state index in [0.717, 1.165) is 16.9 Å². The topological polar surface area (TPSA) is 44.5 Å². The summed E-state index contributed by atoms with van der Waals surface area (Å²) in [6, 6.07) is 11.0. The van der Waals surface area contributed by atoms with Gasteiger partial charge in [0.1, 0.15) is 17.2 Å². The number of benzene rings is 2. The molecular formula is C16H18ClNO2. The zero-order valence-corrected chi connectivity index (χ0v) is 12.6. The van der Waals surface area contributed by atoms with Crippen molar-refractivity contribution < 1.29 is 9.47 Å². The Morgan fingerprint density at radius 1 is 1.10 bits per heavy atom. The summed E-state index contributed by atoms with van der Waals surface area (Å²) in [5, 5.41) is 0.635. The average molecular weight is 292 g/mol. The van der Waals surface area contributed by atoms with Gasteiger partial charge in [-0.25, -0.2) is 0 Å². The van der Waals surface area contributed by atoms with Gasteiger partial charge in [0, 0.05) is 11.1 Å². The zero-order valence-electron chi connectivity index (χ0n) is 11.8. The van der Waals surface area contributed by atoms with E-state index < -0.39 is 0 Å². The Morgan fingerprint density at radius 3 is 2.45 bits per heavy atom. The van der Waals surface area contributed by atoms with Gasteiger partial charge in [-0.1, -0.05) is 23.7 Å². The van der Waals surface area contributed by atoms with Crippen molar-refractivity contribution in [2.45, 2.75) is 19.9 Å². The lowest BCUT2D eigenvalue weighted by Gasteiger charge is -2.18. The number of aryl methyl sites for hydroxylation is 1. The first-order valence-electron chi connectivity index (χ1n) is 6.39. The molecule has 2 aromatic rings. The highest BCUT2D eigenvalue weighted by Gasteiger charge is 2.15. The highest BCUT2D eigenvalue weighted by Crippen LogP contribution is 2.37. The van der Waals surface area contributed by atoms with Gasteiger partial charge < -0.3 is 15.2 Å². The van der Waals surface area contributed by atoms with Crippen LogP contribution in [0.15, 0.2) is 36.4 Å². The third kappa shape index (κ3) is 3.06. The molecule has 0 fully saturated rings. The van der Waals surface area contributed by atoms with Gasteiger partial charge in [0.2, 0.25) is 0 Å². The molecule has 2 rings (SSSR count). The van der Waals surface area contributed by atoms with Crippen molar-refractivity contribution in [2.24, 2.45) is 5.73 Å². The number of hydrogen-bond acceptors (Lipinski definition) is 3. The quantitative estimate of drug-likeness (QED) is 0.904. The van der Waals surface area contributed by atoms with Gasteiger partial charge in [0.15, 0.2) is 0 Å². The smallest absolute Gasteiger partial charge is 0.135 e. The van der Waals surface area contributed by atoms with Crippen LogP contribution in [-0.4, -0.2) is 7.11 Å². The van der Waals surface area contributed by atoms with Crippen LogP contribution in [-0.2, 0) is 0 Å². The monoisotopic (exact) mass is 291 g/mol. The van der Waals surface area contributed by atoms with Crippen molar-refractivity contribution in [2.75, 3.05) is 7.11 Å². The van der Waals surface area contributed by atoms with Crippen LogP contribution in [0.3, 0.4) is 0 Å². The maximum atomic E-state index is 6.03. The molecular weight excluding hydrogens is 274 g/mol. The van der Waals surface area contributed by atoms with Crippen molar-refractivity contribution in [3.8, 4) is 17.2 Å². The Balaban J connectivity index is 2.45. The first kappa shape index (κ1) is 14.7. The van der Waals surface area contributed by atoms with Crippen LogP contribution in [0, 0.1) is 6.92 Å². The summed E-state index contributed by atoms with van der Waals surface area (Å²) in [5.41, 5.74) is 7.88. The average Bonchev–Trinajstić information content (AvgIpc) is 2.42. The van der Waals surface area contributed by atoms with Crippen molar-refractivity contribution in [3.05, 3.63) is 52.5 Å². The molecule has 0 radical (unpaired) electrons. The van der Waals surface area contributed by atoms with E-state index in [9.17, 15) is 0 Å². The molecule has 0 bridgehead atoms. The molecule has 2 N–H and O–H groups in total. The summed E-state index contributed by atoms with van der Waals surface area (Å²) in [4.78, 5) is 0. The molecule has 0 spiro atoms. The molecule has 0 amide bonds. The maximum absolute atomic E-state index is 6.03. The van der Waals surface area contributed by atoms with E-state index in [4.69, 9.17) is 26.8 Å². The summed E-state index contributed by atoms with van der Waals surface area (Å²) < 4.78 is 11.3. The standard InChI is InChI=1S/C16H18ClNO2/c1-10-7-8-12(17)9-15(10)20-14-6-4-5-13(19-3)16(14)11(2)18/h4-9,11H,18H2,1-3H3/t11-/m0/s1. The molecule has 0 unspecified atom stereocenters. The molecule has 1 atom stereocenters. The molecule has 106 valence electrons. The molecule has 3 nitrogen and oxygen atoms in total. The second-order valence-electron chi connectivity index (χ2n) is 4.67. The van der Waals surface area contributed by atoms with Crippen molar-refractivity contribution >= 4 is 11.6 Å². The fourth-order valence-corrected chi connectivity index (χ4v) is 2.20. The minimum atomic E-state index is -0.194. The summed E-state index contributed by atoms with van der Waals surface area (Å²) in [7, 11) is 1.62. The third-order valence-electron chi connectivity index (χ3n) is 3.07. The normalized spacial score (nSPS) is 12.1. The fourth-order valence-electron chi connectivity index (χ4n) is 2.04. The van der Waals surface area contributed by atoms with E-state index in [1.54, 1.807) is 13.2 Å². The number of halogens is 1. The van der Waals surface area contributed by atoms with Gasteiger partial charge in [-0.3, -0.25) is 0 Å². The minimum absolute atomic E-state index is 0.194. The Bertz CT molecular complexity index is 611.